The average molecular weight is 238 g/mol. The summed E-state index contributed by atoms with van der Waals surface area (Å²) in [6.45, 7) is 0. The van der Waals surface area contributed by atoms with Gasteiger partial charge in [0.1, 0.15) is 0 Å². The first-order chi connectivity index (χ1) is 6.50. The van der Waals surface area contributed by atoms with E-state index < -0.39 is 6.16 Å². The minimum absolute atomic E-state index is 0.0176. The van der Waals surface area contributed by atoms with Crippen molar-refractivity contribution in [2.24, 2.45) is 0 Å². The number of carboxylic acid groups (broad SMARTS) is 1. The highest BCUT2D eigenvalue weighted by Gasteiger charge is 2.09. The van der Waals surface area contributed by atoms with E-state index in [-0.39, 0.29) is 21.5 Å². The van der Waals surface area contributed by atoms with Gasteiger partial charge >= 0.3 is 6.16 Å². The Morgan fingerprint density at radius 1 is 1.36 bits per heavy atom. The summed E-state index contributed by atoms with van der Waals surface area (Å²) in [6, 6.07) is 2.58. The Labute approximate surface area is 88.9 Å². The number of carbonyl (C=O) groups is 1. The van der Waals surface area contributed by atoms with E-state index in [1.807, 2.05) is 0 Å². The third kappa shape index (κ3) is 2.58. The molecule has 0 saturated heterocycles. The number of hydrogen-bond acceptors (Lipinski definition) is 4. The van der Waals surface area contributed by atoms with E-state index in [9.17, 15) is 4.79 Å². The highest BCUT2D eigenvalue weighted by molar-refractivity contribution is 6.37. The molecule has 0 aliphatic rings. The van der Waals surface area contributed by atoms with Crippen LogP contribution in [0.15, 0.2) is 12.1 Å². The van der Waals surface area contributed by atoms with Gasteiger partial charge in [0.2, 0.25) is 0 Å². The summed E-state index contributed by atoms with van der Waals surface area (Å²) in [6.07, 6.45) is -1.59. The maximum absolute atomic E-state index is 9.99. The molecule has 0 fully saturated rings. The second-order valence-corrected chi connectivity index (χ2v) is 3.05. The van der Waals surface area contributed by atoms with Gasteiger partial charge in [-0.05, 0) is 6.07 Å². The molecule has 0 aromatic heterocycles. The Kier molecular flexibility index (Phi) is 3.27. The van der Waals surface area contributed by atoms with Gasteiger partial charge in [-0.1, -0.05) is 23.2 Å². The standard InChI is InChI=1S/C7H5Cl2NO4/c8-3-1-4(9)6(2-5(3)10)13-14-7(11)12/h1-2H,10H2,(H,11,12). The molecule has 7 heteroatoms. The Morgan fingerprint density at radius 2 is 2.00 bits per heavy atom. The predicted molar refractivity (Wildman–Crippen MR) is 50.6 cm³/mol. The Morgan fingerprint density at radius 3 is 2.57 bits per heavy atom. The summed E-state index contributed by atoms with van der Waals surface area (Å²) >= 11 is 11.3. The monoisotopic (exact) mass is 237 g/mol. The zero-order valence-electron chi connectivity index (χ0n) is 6.66. The molecule has 0 atom stereocenters. The topological polar surface area (TPSA) is 81.8 Å². The molecular weight excluding hydrogens is 233 g/mol. The highest BCUT2D eigenvalue weighted by Crippen LogP contribution is 2.32. The SMILES string of the molecule is Nc1cc(OOC(=O)O)c(Cl)cc1Cl. The lowest BCUT2D eigenvalue weighted by Gasteiger charge is -2.05. The van der Waals surface area contributed by atoms with Gasteiger partial charge < -0.3 is 10.8 Å². The summed E-state index contributed by atoms with van der Waals surface area (Å²) in [5.74, 6) is -0.0176. The second-order valence-electron chi connectivity index (χ2n) is 2.24. The highest BCUT2D eigenvalue weighted by atomic mass is 35.5. The van der Waals surface area contributed by atoms with E-state index in [0.717, 1.165) is 0 Å². The fourth-order valence-electron chi connectivity index (χ4n) is 0.689. The van der Waals surface area contributed by atoms with Crippen molar-refractivity contribution in [1.29, 1.82) is 0 Å². The van der Waals surface area contributed by atoms with Gasteiger partial charge in [0, 0.05) is 6.07 Å². The first kappa shape index (κ1) is 10.7. The second kappa shape index (κ2) is 4.26. The summed E-state index contributed by atoms with van der Waals surface area (Å²) in [5.41, 5.74) is 5.63. The quantitative estimate of drug-likeness (QED) is 0.470. The molecule has 1 rings (SSSR count). The van der Waals surface area contributed by atoms with Crippen LogP contribution in [-0.2, 0) is 4.89 Å². The number of benzene rings is 1. The lowest BCUT2D eigenvalue weighted by Crippen LogP contribution is -2.04. The van der Waals surface area contributed by atoms with Gasteiger partial charge in [-0.2, -0.15) is 0 Å². The number of rotatable bonds is 2. The largest absolute Gasteiger partial charge is 0.547 e. The van der Waals surface area contributed by atoms with Crippen LogP contribution in [0.25, 0.3) is 0 Å². The number of anilines is 1. The van der Waals surface area contributed by atoms with Gasteiger partial charge in [0.25, 0.3) is 0 Å². The molecule has 0 aliphatic carbocycles. The summed E-state index contributed by atoms with van der Waals surface area (Å²) in [4.78, 5) is 18.2. The lowest BCUT2D eigenvalue weighted by molar-refractivity contribution is -0.160. The molecule has 0 unspecified atom stereocenters. The zero-order chi connectivity index (χ0) is 10.7. The van der Waals surface area contributed by atoms with Crippen LogP contribution < -0.4 is 10.6 Å². The van der Waals surface area contributed by atoms with Crippen LogP contribution in [-0.4, -0.2) is 11.3 Å². The lowest BCUT2D eigenvalue weighted by atomic mass is 10.3. The van der Waals surface area contributed by atoms with Crippen molar-refractivity contribution in [2.45, 2.75) is 0 Å². The van der Waals surface area contributed by atoms with Crippen molar-refractivity contribution in [3.05, 3.63) is 22.2 Å². The van der Waals surface area contributed by atoms with Crippen molar-refractivity contribution in [3.63, 3.8) is 0 Å². The average Bonchev–Trinajstić information content (AvgIpc) is 2.09. The van der Waals surface area contributed by atoms with E-state index in [0.29, 0.717) is 0 Å². The van der Waals surface area contributed by atoms with Crippen molar-refractivity contribution in [3.8, 4) is 5.75 Å². The van der Waals surface area contributed by atoms with Crippen LogP contribution in [0.4, 0.5) is 10.5 Å². The normalized spacial score (nSPS) is 9.57. The summed E-state index contributed by atoms with van der Waals surface area (Å²) in [7, 11) is 0. The minimum atomic E-state index is -1.59. The van der Waals surface area contributed by atoms with E-state index in [2.05, 4.69) is 9.78 Å². The Hall–Kier alpha value is -1.33. The van der Waals surface area contributed by atoms with Gasteiger partial charge in [-0.3, -0.25) is 4.89 Å². The van der Waals surface area contributed by atoms with E-state index in [4.69, 9.17) is 34.0 Å². The molecule has 0 aliphatic heterocycles. The van der Waals surface area contributed by atoms with E-state index in [1.165, 1.54) is 12.1 Å². The predicted octanol–water partition coefficient (Wildman–Crippen LogP) is 2.56. The molecule has 0 saturated carbocycles. The molecule has 0 amide bonds. The maximum Gasteiger partial charge on any atom is 0.547 e. The van der Waals surface area contributed by atoms with E-state index >= 15 is 0 Å². The fraction of sp³-hybridized carbons (Fsp3) is 0. The molecule has 1 aromatic carbocycles. The molecule has 0 heterocycles. The van der Waals surface area contributed by atoms with Crippen LogP contribution in [0.3, 0.4) is 0 Å². The van der Waals surface area contributed by atoms with Crippen molar-refractivity contribution in [2.75, 3.05) is 5.73 Å². The van der Waals surface area contributed by atoms with Gasteiger partial charge in [-0.25, -0.2) is 9.68 Å². The smallest absolute Gasteiger partial charge is 0.447 e. The molecule has 1 aromatic rings. The molecule has 76 valence electrons. The third-order valence-corrected chi connectivity index (χ3v) is 1.88. The molecule has 5 nitrogen and oxygen atoms in total. The zero-order valence-corrected chi connectivity index (χ0v) is 8.17. The van der Waals surface area contributed by atoms with Crippen molar-refractivity contribution in [1.82, 2.24) is 0 Å². The Bertz CT molecular complexity index is 369. The van der Waals surface area contributed by atoms with Crippen molar-refractivity contribution < 1.29 is 19.7 Å². The van der Waals surface area contributed by atoms with Crippen LogP contribution >= 0.6 is 23.2 Å². The minimum Gasteiger partial charge on any atom is -0.447 e. The van der Waals surface area contributed by atoms with Gasteiger partial charge in [-0.15, -0.1) is 0 Å². The van der Waals surface area contributed by atoms with Crippen LogP contribution in [0.5, 0.6) is 5.75 Å². The fourth-order valence-corrected chi connectivity index (χ4v) is 1.10. The van der Waals surface area contributed by atoms with Crippen LogP contribution in [0, 0.1) is 0 Å². The summed E-state index contributed by atoms with van der Waals surface area (Å²) < 4.78 is 0. The molecule has 14 heavy (non-hydrogen) atoms. The number of hydrogen-bond donors (Lipinski definition) is 2. The first-order valence-electron chi connectivity index (χ1n) is 3.32. The summed E-state index contributed by atoms with van der Waals surface area (Å²) in [5, 5.41) is 8.49. The number of nitrogen functional groups attached to an aromatic ring is 1. The molecule has 0 spiro atoms. The Balaban J connectivity index is 2.87. The number of halogens is 2. The maximum atomic E-state index is 9.99. The van der Waals surface area contributed by atoms with Crippen LogP contribution in [0.1, 0.15) is 0 Å². The van der Waals surface area contributed by atoms with Gasteiger partial charge in [0.05, 0.1) is 15.7 Å². The van der Waals surface area contributed by atoms with Gasteiger partial charge in [0.15, 0.2) is 5.75 Å². The van der Waals surface area contributed by atoms with Crippen molar-refractivity contribution >= 4 is 35.0 Å². The molecular formula is C7H5Cl2NO4. The molecule has 0 radical (unpaired) electrons. The number of nitrogens with two attached hydrogens (primary N) is 1. The molecule has 0 bridgehead atoms. The molecule has 3 N–H and O–H groups in total. The first-order valence-corrected chi connectivity index (χ1v) is 4.08. The van der Waals surface area contributed by atoms with E-state index in [1.54, 1.807) is 0 Å². The third-order valence-electron chi connectivity index (χ3n) is 1.25. The van der Waals surface area contributed by atoms with Crippen LogP contribution in [0.2, 0.25) is 10.0 Å².